The van der Waals surface area contributed by atoms with Gasteiger partial charge in [0.15, 0.2) is 5.75 Å². The number of nitrogens with two attached hydrogens (primary N) is 1. The molecular formula is C29H31N3O. The number of para-hydroxylation sites is 1. The van der Waals surface area contributed by atoms with Gasteiger partial charge in [-0.25, -0.2) is 4.98 Å². The monoisotopic (exact) mass is 437 g/mol. The third-order valence-corrected chi connectivity index (χ3v) is 6.14. The van der Waals surface area contributed by atoms with Gasteiger partial charge in [0.1, 0.15) is 11.5 Å². The number of benzene rings is 3. The van der Waals surface area contributed by atoms with Crippen molar-refractivity contribution < 1.29 is 4.74 Å². The van der Waals surface area contributed by atoms with Crippen LogP contribution in [0, 0.1) is 0 Å². The van der Waals surface area contributed by atoms with Gasteiger partial charge in [-0.1, -0.05) is 98.6 Å². The summed E-state index contributed by atoms with van der Waals surface area (Å²) in [5, 5.41) is 0.932. The van der Waals surface area contributed by atoms with Gasteiger partial charge in [0.25, 0.3) is 0 Å². The van der Waals surface area contributed by atoms with Crippen molar-refractivity contribution >= 4 is 16.7 Å². The van der Waals surface area contributed by atoms with Crippen molar-refractivity contribution in [1.82, 2.24) is 4.98 Å². The lowest BCUT2D eigenvalue weighted by Gasteiger charge is -2.27. The number of unbranched alkanes of at least 4 members (excludes halogenated alkanes) is 1. The zero-order valence-electron chi connectivity index (χ0n) is 19.6. The second kappa shape index (κ2) is 9.86. The minimum absolute atomic E-state index is 0.441. The predicted molar refractivity (Wildman–Crippen MR) is 138 cm³/mol. The van der Waals surface area contributed by atoms with E-state index in [2.05, 4.69) is 38.1 Å². The van der Waals surface area contributed by atoms with Gasteiger partial charge in [0.05, 0.1) is 23.7 Å². The van der Waals surface area contributed by atoms with Crippen LogP contribution in [0.3, 0.4) is 0 Å². The number of pyridine rings is 1. The first-order valence-electron chi connectivity index (χ1n) is 11.5. The molecule has 168 valence electrons. The van der Waals surface area contributed by atoms with Crippen molar-refractivity contribution in [2.24, 2.45) is 10.7 Å². The number of ether oxygens (including phenoxy) is 1. The molecule has 0 aliphatic rings. The fourth-order valence-electron chi connectivity index (χ4n) is 4.34. The average molecular weight is 438 g/mol. The maximum Gasteiger partial charge on any atom is 0.156 e. The number of methoxy groups -OCH3 is 1. The van der Waals surface area contributed by atoms with E-state index in [0.29, 0.717) is 11.6 Å². The van der Waals surface area contributed by atoms with Crippen LogP contribution in [0.4, 0.5) is 0 Å². The Morgan fingerprint density at radius 2 is 1.58 bits per heavy atom. The highest BCUT2D eigenvalue weighted by molar-refractivity contribution is 6.12. The van der Waals surface area contributed by atoms with E-state index in [1.165, 1.54) is 0 Å². The third-order valence-electron chi connectivity index (χ3n) is 6.14. The second-order valence-electron chi connectivity index (χ2n) is 8.49. The molecule has 4 aromatic rings. The molecule has 0 amide bonds. The molecule has 4 rings (SSSR count). The Morgan fingerprint density at radius 3 is 2.24 bits per heavy atom. The lowest BCUT2D eigenvalue weighted by molar-refractivity contribution is 0.413. The molecule has 0 radical (unpaired) electrons. The van der Waals surface area contributed by atoms with Crippen molar-refractivity contribution in [2.45, 2.75) is 38.6 Å². The van der Waals surface area contributed by atoms with Crippen molar-refractivity contribution in [2.75, 3.05) is 7.11 Å². The number of nitrogens with zero attached hydrogens (tertiary/aromatic N) is 2. The maximum absolute atomic E-state index is 6.82. The van der Waals surface area contributed by atoms with Gasteiger partial charge in [-0.3, -0.25) is 4.99 Å². The Kier molecular flexibility index (Phi) is 6.74. The van der Waals surface area contributed by atoms with Crippen LogP contribution >= 0.6 is 0 Å². The van der Waals surface area contributed by atoms with Crippen LogP contribution in [0.15, 0.2) is 89.9 Å². The first kappa shape index (κ1) is 22.5. The fraction of sp³-hybridized carbons (Fsp3) is 0.241. The zero-order valence-corrected chi connectivity index (χ0v) is 19.6. The molecule has 4 nitrogen and oxygen atoms in total. The van der Waals surface area contributed by atoms with E-state index in [1.807, 2.05) is 60.7 Å². The van der Waals surface area contributed by atoms with Crippen LogP contribution in [0.2, 0.25) is 0 Å². The second-order valence-corrected chi connectivity index (χ2v) is 8.49. The number of aliphatic imine (C=N–C) groups is 1. The summed E-state index contributed by atoms with van der Waals surface area (Å²) in [5.41, 5.74) is 10.9. The van der Waals surface area contributed by atoms with E-state index in [9.17, 15) is 0 Å². The van der Waals surface area contributed by atoms with Gasteiger partial charge in [0, 0.05) is 10.9 Å². The van der Waals surface area contributed by atoms with Gasteiger partial charge in [0.2, 0.25) is 0 Å². The lowest BCUT2D eigenvalue weighted by atomic mass is 9.87. The average Bonchev–Trinajstić information content (AvgIpc) is 2.87. The van der Waals surface area contributed by atoms with E-state index in [0.717, 1.165) is 52.5 Å². The first-order valence-corrected chi connectivity index (χ1v) is 11.5. The minimum Gasteiger partial charge on any atom is -0.494 e. The Labute approximate surface area is 196 Å². The Bertz CT molecular complexity index is 1250. The van der Waals surface area contributed by atoms with Crippen molar-refractivity contribution in [1.29, 1.82) is 0 Å². The van der Waals surface area contributed by atoms with Crippen molar-refractivity contribution in [3.05, 3.63) is 96.1 Å². The first-order chi connectivity index (χ1) is 16.1. The molecule has 33 heavy (non-hydrogen) atoms. The highest BCUT2D eigenvalue weighted by atomic mass is 16.5. The molecule has 0 aliphatic heterocycles. The largest absolute Gasteiger partial charge is 0.494 e. The van der Waals surface area contributed by atoms with E-state index in [1.54, 1.807) is 7.11 Å². The highest BCUT2D eigenvalue weighted by Crippen LogP contribution is 2.38. The number of rotatable bonds is 8. The van der Waals surface area contributed by atoms with E-state index in [4.69, 9.17) is 20.4 Å². The molecule has 1 heterocycles. The molecule has 0 aliphatic carbocycles. The molecular weight excluding hydrogens is 406 g/mol. The standard InChI is InChI=1S/C29H31N3O/c1-4-5-20-29(2,22-16-10-7-11-17-22)32-28(30)25-23-18-12-13-19-24(23)31-26(27(25)33-3)21-14-8-6-9-15-21/h6-19H,4-5,20H2,1-3H3,(H2,30,32). The van der Waals surface area contributed by atoms with E-state index < -0.39 is 5.54 Å². The lowest BCUT2D eigenvalue weighted by Crippen LogP contribution is -2.26. The zero-order chi connectivity index (χ0) is 23.3. The van der Waals surface area contributed by atoms with E-state index in [-0.39, 0.29) is 0 Å². The smallest absolute Gasteiger partial charge is 0.156 e. The summed E-state index contributed by atoms with van der Waals surface area (Å²) in [6, 6.07) is 28.5. The molecule has 4 heteroatoms. The number of hydrogen-bond donors (Lipinski definition) is 1. The topological polar surface area (TPSA) is 60.5 Å². The number of hydrogen-bond acceptors (Lipinski definition) is 3. The number of aromatic nitrogens is 1. The van der Waals surface area contributed by atoms with Gasteiger partial charge in [-0.2, -0.15) is 0 Å². The molecule has 1 atom stereocenters. The SMILES string of the molecule is CCCCC(C)(N=C(N)c1c(OC)c(-c2ccccc2)nc2ccccc12)c1ccccc1. The molecule has 2 N–H and O–H groups in total. The molecule has 3 aromatic carbocycles. The van der Waals surface area contributed by atoms with Gasteiger partial charge in [-0.05, 0) is 25.0 Å². The normalized spacial score (nSPS) is 13.6. The summed E-state index contributed by atoms with van der Waals surface area (Å²) >= 11 is 0. The Balaban J connectivity index is 1.96. The molecule has 1 aromatic heterocycles. The van der Waals surface area contributed by atoms with Gasteiger partial charge < -0.3 is 10.5 Å². The number of fused-ring (bicyclic) bond motifs is 1. The summed E-state index contributed by atoms with van der Waals surface area (Å²) in [7, 11) is 1.67. The minimum atomic E-state index is -0.441. The number of amidine groups is 1. The summed E-state index contributed by atoms with van der Waals surface area (Å²) in [6.07, 6.45) is 3.06. The van der Waals surface area contributed by atoms with Crippen LogP contribution in [0.25, 0.3) is 22.2 Å². The molecule has 0 saturated carbocycles. The summed E-state index contributed by atoms with van der Waals surface area (Å²) in [5.74, 6) is 1.11. The molecule has 1 unspecified atom stereocenters. The van der Waals surface area contributed by atoms with Crippen LogP contribution < -0.4 is 10.5 Å². The van der Waals surface area contributed by atoms with Crippen LogP contribution in [0.1, 0.15) is 44.2 Å². The van der Waals surface area contributed by atoms with Crippen LogP contribution in [-0.4, -0.2) is 17.9 Å². The Hall–Kier alpha value is -3.66. The van der Waals surface area contributed by atoms with Crippen LogP contribution in [-0.2, 0) is 5.54 Å². The highest BCUT2D eigenvalue weighted by Gasteiger charge is 2.28. The van der Waals surface area contributed by atoms with Crippen molar-refractivity contribution in [3.8, 4) is 17.0 Å². The van der Waals surface area contributed by atoms with Gasteiger partial charge in [-0.15, -0.1) is 0 Å². The molecule has 0 fully saturated rings. The molecule has 0 bridgehead atoms. The molecule has 0 spiro atoms. The maximum atomic E-state index is 6.82. The molecule has 0 saturated heterocycles. The summed E-state index contributed by atoms with van der Waals surface area (Å²) in [4.78, 5) is 10.1. The summed E-state index contributed by atoms with van der Waals surface area (Å²) < 4.78 is 5.94. The predicted octanol–water partition coefficient (Wildman–Crippen LogP) is 6.72. The third kappa shape index (κ3) is 4.61. The van der Waals surface area contributed by atoms with E-state index >= 15 is 0 Å². The van der Waals surface area contributed by atoms with Crippen molar-refractivity contribution in [3.63, 3.8) is 0 Å². The Morgan fingerprint density at radius 1 is 0.939 bits per heavy atom. The fourth-order valence-corrected chi connectivity index (χ4v) is 4.34. The quantitative estimate of drug-likeness (QED) is 0.246. The van der Waals surface area contributed by atoms with Crippen LogP contribution in [0.5, 0.6) is 5.75 Å². The van der Waals surface area contributed by atoms with Gasteiger partial charge >= 0.3 is 0 Å². The summed E-state index contributed by atoms with van der Waals surface area (Å²) in [6.45, 7) is 4.36.